The van der Waals surface area contributed by atoms with Crippen LogP contribution in [0.1, 0.15) is 32.1 Å². The molecular weight excluding hydrogens is 211 g/mol. The molecule has 0 aromatic rings. The summed E-state index contributed by atoms with van der Waals surface area (Å²) in [5.41, 5.74) is 0.245. The third-order valence-electron chi connectivity index (χ3n) is 2.73. The van der Waals surface area contributed by atoms with Crippen LogP contribution in [0.3, 0.4) is 0 Å². The number of nitrogens with zero attached hydrogens (tertiary/aromatic N) is 1. The topological polar surface area (TPSA) is 44.2 Å². The van der Waals surface area contributed by atoms with Gasteiger partial charge in [0.25, 0.3) is 0 Å². The molecule has 2 aliphatic rings. The van der Waals surface area contributed by atoms with Crippen molar-refractivity contribution in [3.8, 4) is 0 Å². The van der Waals surface area contributed by atoms with Crippen molar-refractivity contribution in [1.29, 1.82) is 5.41 Å². The van der Waals surface area contributed by atoms with E-state index in [-0.39, 0.29) is 11.6 Å². The van der Waals surface area contributed by atoms with Gasteiger partial charge in [0.1, 0.15) is 0 Å². The quantitative estimate of drug-likeness (QED) is 0.650. The second-order valence-corrected chi connectivity index (χ2v) is 4.19. The Labute approximate surface area is 85.1 Å². The molecule has 2 heterocycles. The number of hydrogen-bond acceptors (Lipinski definition) is 2. The van der Waals surface area contributed by atoms with Crippen LogP contribution in [0.15, 0.2) is 0 Å². The van der Waals surface area contributed by atoms with Crippen LogP contribution in [-0.4, -0.2) is 27.1 Å². The fourth-order valence-electron chi connectivity index (χ4n) is 2.03. The van der Waals surface area contributed by atoms with Crippen LogP contribution in [0.4, 0.5) is 0 Å². The second-order valence-electron chi connectivity index (χ2n) is 3.59. The fraction of sp³-hybridized carbons (Fsp3) is 0.667. The summed E-state index contributed by atoms with van der Waals surface area (Å²) in [4.78, 5) is 13.4. The second kappa shape index (κ2) is 3.34. The minimum absolute atomic E-state index is 0.122. The first-order valence-corrected chi connectivity index (χ1v) is 5.12. The van der Waals surface area contributed by atoms with Gasteiger partial charge in [0.2, 0.25) is 0 Å². The molecule has 3 nitrogen and oxygen atoms in total. The number of carbonyl (C=O) groups is 1. The summed E-state index contributed by atoms with van der Waals surface area (Å²) in [6.45, 7) is 0. The molecule has 0 aliphatic carbocycles. The molecule has 0 radical (unpaired) electrons. The van der Waals surface area contributed by atoms with E-state index in [1.54, 1.807) is 4.90 Å². The fourth-order valence-corrected chi connectivity index (χ4v) is 2.48. The minimum atomic E-state index is -0.122. The molecule has 2 fully saturated rings. The van der Waals surface area contributed by atoms with Crippen molar-refractivity contribution < 1.29 is 20.1 Å². The monoisotopic (exact) mass is 223 g/mol. The number of hydrogen-bond donors (Lipinski definition) is 1. The van der Waals surface area contributed by atoms with E-state index in [0.717, 1.165) is 30.3 Å². The van der Waals surface area contributed by atoms with Crippen molar-refractivity contribution in [3.05, 3.63) is 0 Å². The van der Waals surface area contributed by atoms with Gasteiger partial charge in [-0.05, 0) is 0 Å². The molecule has 4 heteroatoms. The van der Waals surface area contributed by atoms with E-state index in [2.05, 4.69) is 15.3 Å². The Morgan fingerprint density at radius 1 is 1.38 bits per heavy atom. The Kier molecular flexibility index (Phi) is 2.34. The van der Waals surface area contributed by atoms with Crippen LogP contribution in [0, 0.1) is 5.41 Å². The molecular formula is C9H12CoN2O. The van der Waals surface area contributed by atoms with Gasteiger partial charge in [-0.1, -0.05) is 0 Å². The van der Waals surface area contributed by atoms with Gasteiger partial charge in [-0.15, -0.1) is 0 Å². The third kappa shape index (κ3) is 1.48. The molecule has 2 saturated heterocycles. The zero-order valence-electron chi connectivity index (χ0n) is 7.30. The summed E-state index contributed by atoms with van der Waals surface area (Å²) >= 11 is 4.34. The third-order valence-corrected chi connectivity index (χ3v) is 3.24. The summed E-state index contributed by atoms with van der Waals surface area (Å²) < 4.78 is 0.842. The van der Waals surface area contributed by atoms with Crippen molar-refractivity contribution in [3.63, 3.8) is 0 Å². The summed E-state index contributed by atoms with van der Waals surface area (Å²) in [7, 11) is 0. The Bertz CT molecular complexity index is 287. The van der Waals surface area contributed by atoms with Gasteiger partial charge < -0.3 is 0 Å². The Morgan fingerprint density at radius 3 is 2.92 bits per heavy atom. The van der Waals surface area contributed by atoms with Crippen LogP contribution in [0.2, 0.25) is 0 Å². The van der Waals surface area contributed by atoms with Gasteiger partial charge in [-0.2, -0.15) is 0 Å². The molecule has 2 rings (SSSR count). The van der Waals surface area contributed by atoms with Gasteiger partial charge in [-0.3, -0.25) is 0 Å². The summed E-state index contributed by atoms with van der Waals surface area (Å²) in [5.74, 6) is -0.122. The number of amides is 1. The molecule has 0 bridgehead atoms. The predicted octanol–water partition coefficient (Wildman–Crippen LogP) is 0.858. The standard InChI is InChI=1S/C9H12N2O.Co/c10-8-5-1-3-7-4-2-6-11(7)9(8)12;/h7,10H,1-5H2;. The normalized spacial score (nSPS) is 29.2. The van der Waals surface area contributed by atoms with E-state index in [1.165, 1.54) is 0 Å². The van der Waals surface area contributed by atoms with E-state index in [4.69, 9.17) is 5.41 Å². The molecule has 2 aliphatic heterocycles. The SMILES string of the molecule is N=C1CCCC2CC[C](=[Co])N2C1=O. The predicted molar refractivity (Wildman–Crippen MR) is 46.5 cm³/mol. The summed E-state index contributed by atoms with van der Waals surface area (Å²) in [5, 5.41) is 7.54. The summed E-state index contributed by atoms with van der Waals surface area (Å²) in [6, 6.07) is 0.320. The molecule has 0 spiro atoms. The number of rotatable bonds is 0. The first-order valence-electron chi connectivity index (χ1n) is 4.60. The van der Waals surface area contributed by atoms with Crippen molar-refractivity contribution in [1.82, 2.24) is 4.90 Å². The first-order chi connectivity index (χ1) is 6.20. The molecule has 13 heavy (non-hydrogen) atoms. The van der Waals surface area contributed by atoms with Crippen molar-refractivity contribution in [2.75, 3.05) is 0 Å². The van der Waals surface area contributed by atoms with Crippen LogP contribution < -0.4 is 0 Å². The van der Waals surface area contributed by atoms with Crippen molar-refractivity contribution in [2.45, 2.75) is 38.1 Å². The zero-order valence-corrected chi connectivity index (χ0v) is 8.34. The molecule has 1 N–H and O–H groups in total. The molecule has 0 aromatic carbocycles. The number of nitrogens with one attached hydrogen (secondary N) is 1. The first kappa shape index (κ1) is 9.09. The molecule has 73 valence electrons. The van der Waals surface area contributed by atoms with Crippen LogP contribution in [-0.2, 0) is 20.1 Å². The van der Waals surface area contributed by atoms with Gasteiger partial charge in [0, 0.05) is 0 Å². The van der Waals surface area contributed by atoms with E-state index >= 15 is 0 Å². The van der Waals surface area contributed by atoms with Crippen LogP contribution >= 0.6 is 0 Å². The summed E-state index contributed by atoms with van der Waals surface area (Å²) in [6.07, 6.45) is 4.54. The van der Waals surface area contributed by atoms with E-state index in [0.29, 0.717) is 12.5 Å². The molecule has 1 unspecified atom stereocenters. The number of fused-ring (bicyclic) bond motifs is 1. The molecule has 0 saturated carbocycles. The zero-order chi connectivity index (χ0) is 9.42. The van der Waals surface area contributed by atoms with E-state index in [9.17, 15) is 4.79 Å². The Balaban J connectivity index is 2.28. The van der Waals surface area contributed by atoms with Crippen molar-refractivity contribution >= 4 is 16.2 Å². The van der Waals surface area contributed by atoms with Gasteiger partial charge in [-0.25, -0.2) is 0 Å². The molecule has 1 atom stereocenters. The van der Waals surface area contributed by atoms with Gasteiger partial charge in [0.15, 0.2) is 0 Å². The maximum absolute atomic E-state index is 11.7. The molecule has 1 amide bonds. The maximum atomic E-state index is 11.7. The van der Waals surface area contributed by atoms with Crippen LogP contribution in [0.25, 0.3) is 0 Å². The Hall–Kier alpha value is -0.484. The Morgan fingerprint density at radius 2 is 2.15 bits per heavy atom. The van der Waals surface area contributed by atoms with Gasteiger partial charge in [0.05, 0.1) is 0 Å². The van der Waals surface area contributed by atoms with E-state index < -0.39 is 0 Å². The van der Waals surface area contributed by atoms with Gasteiger partial charge >= 0.3 is 84.7 Å². The van der Waals surface area contributed by atoms with Crippen LogP contribution in [0.5, 0.6) is 0 Å². The average molecular weight is 223 g/mol. The average Bonchev–Trinajstić information content (AvgIpc) is 2.39. The molecule has 0 aromatic heterocycles. The van der Waals surface area contributed by atoms with Crippen molar-refractivity contribution in [2.24, 2.45) is 0 Å². The number of carbonyl (C=O) groups excluding carboxylic acids is 1. The van der Waals surface area contributed by atoms with E-state index in [1.807, 2.05) is 0 Å².